The van der Waals surface area contributed by atoms with E-state index in [1.165, 1.54) is 12.5 Å². The van der Waals surface area contributed by atoms with Crippen LogP contribution < -0.4 is 5.32 Å². The van der Waals surface area contributed by atoms with Crippen molar-refractivity contribution in [3.05, 3.63) is 35.6 Å². The minimum absolute atomic E-state index is 0.0365. The molecule has 1 aliphatic carbocycles. The molecule has 1 amide bonds. The normalized spacial score (nSPS) is 25.9. The van der Waals surface area contributed by atoms with Crippen LogP contribution in [-0.2, 0) is 4.79 Å². The van der Waals surface area contributed by atoms with Crippen molar-refractivity contribution in [2.24, 2.45) is 5.92 Å². The number of hydrogen-bond acceptors (Lipinski definition) is 2. The minimum Gasteiger partial charge on any atom is -0.353 e. The summed E-state index contributed by atoms with van der Waals surface area (Å²) in [5.41, 5.74) is 0.695. The Morgan fingerprint density at radius 3 is 2.73 bits per heavy atom. The van der Waals surface area contributed by atoms with Crippen molar-refractivity contribution in [2.45, 2.75) is 44.6 Å². The smallest absolute Gasteiger partial charge is 0.223 e. The van der Waals surface area contributed by atoms with Crippen LogP contribution in [0.25, 0.3) is 0 Å². The summed E-state index contributed by atoms with van der Waals surface area (Å²) >= 11 is 0. The first-order valence-electron chi connectivity index (χ1n) is 8.46. The summed E-state index contributed by atoms with van der Waals surface area (Å²) in [6.07, 6.45) is 4.02. The molecule has 120 valence electrons. The molecule has 1 saturated carbocycles. The molecule has 2 unspecified atom stereocenters. The average Bonchev–Trinajstić information content (AvgIpc) is 3.30. The minimum atomic E-state index is -0.185. The Balaban J connectivity index is 1.47. The fourth-order valence-electron chi connectivity index (χ4n) is 3.53. The first-order chi connectivity index (χ1) is 10.7. The van der Waals surface area contributed by atoms with Gasteiger partial charge in [-0.2, -0.15) is 0 Å². The fourth-order valence-corrected chi connectivity index (χ4v) is 3.53. The topological polar surface area (TPSA) is 32.3 Å². The van der Waals surface area contributed by atoms with Crippen LogP contribution in [0.5, 0.6) is 0 Å². The van der Waals surface area contributed by atoms with E-state index in [-0.39, 0.29) is 23.6 Å². The van der Waals surface area contributed by atoms with Gasteiger partial charge in [0.05, 0.1) is 0 Å². The van der Waals surface area contributed by atoms with Gasteiger partial charge in [0.2, 0.25) is 5.91 Å². The van der Waals surface area contributed by atoms with E-state index in [0.717, 1.165) is 38.9 Å². The molecule has 3 rings (SSSR count). The van der Waals surface area contributed by atoms with Crippen molar-refractivity contribution >= 4 is 5.91 Å². The fraction of sp³-hybridized carbons (Fsp3) is 0.611. The van der Waals surface area contributed by atoms with Crippen LogP contribution in [0.3, 0.4) is 0 Å². The molecule has 2 fully saturated rings. The molecule has 0 aromatic heterocycles. The van der Waals surface area contributed by atoms with Crippen molar-refractivity contribution in [3.63, 3.8) is 0 Å². The predicted octanol–water partition coefficient (Wildman–Crippen LogP) is 2.92. The Bertz CT molecular complexity index is 526. The predicted molar refractivity (Wildman–Crippen MR) is 85.1 cm³/mol. The van der Waals surface area contributed by atoms with Crippen molar-refractivity contribution in [1.29, 1.82) is 0 Å². The van der Waals surface area contributed by atoms with Gasteiger partial charge in [0.1, 0.15) is 5.82 Å². The first-order valence-corrected chi connectivity index (χ1v) is 8.46. The quantitative estimate of drug-likeness (QED) is 0.907. The summed E-state index contributed by atoms with van der Waals surface area (Å²) in [6.45, 7) is 5.49. The molecule has 1 N–H and O–H groups in total. The summed E-state index contributed by atoms with van der Waals surface area (Å²) in [7, 11) is 0. The standard InChI is InChI=1S/C18H25FN2O/c1-2-9-21-10-7-13(8-11-21)20-18(22)16-12-15(16)14-5-3-4-6-17(14)19/h3-6,13,15-16H,2,7-12H2,1H3,(H,20,22). The van der Waals surface area contributed by atoms with Crippen LogP contribution in [-0.4, -0.2) is 36.5 Å². The highest BCUT2D eigenvalue weighted by Gasteiger charge is 2.45. The summed E-state index contributed by atoms with van der Waals surface area (Å²) in [5, 5.41) is 3.17. The number of amides is 1. The van der Waals surface area contributed by atoms with Gasteiger partial charge in [0, 0.05) is 25.0 Å². The van der Waals surface area contributed by atoms with Crippen molar-refractivity contribution in [1.82, 2.24) is 10.2 Å². The van der Waals surface area contributed by atoms with Gasteiger partial charge in [-0.05, 0) is 49.8 Å². The largest absolute Gasteiger partial charge is 0.353 e. The number of nitrogens with one attached hydrogen (secondary N) is 1. The molecule has 1 aromatic carbocycles. The van der Waals surface area contributed by atoms with Crippen LogP contribution in [0.15, 0.2) is 24.3 Å². The molecule has 4 heteroatoms. The number of carbonyl (C=O) groups is 1. The zero-order valence-corrected chi connectivity index (χ0v) is 13.2. The van der Waals surface area contributed by atoms with Gasteiger partial charge >= 0.3 is 0 Å². The van der Waals surface area contributed by atoms with E-state index < -0.39 is 0 Å². The summed E-state index contributed by atoms with van der Waals surface area (Å²) < 4.78 is 13.8. The molecule has 1 aliphatic heterocycles. The number of halogens is 1. The van der Waals surface area contributed by atoms with Gasteiger partial charge in [0.25, 0.3) is 0 Å². The number of nitrogens with zero attached hydrogens (tertiary/aromatic N) is 1. The lowest BCUT2D eigenvalue weighted by atomic mass is 10.0. The van der Waals surface area contributed by atoms with E-state index >= 15 is 0 Å². The highest BCUT2D eigenvalue weighted by Crippen LogP contribution is 2.48. The third-order valence-electron chi connectivity index (χ3n) is 4.91. The molecular weight excluding hydrogens is 279 g/mol. The zero-order chi connectivity index (χ0) is 15.5. The number of likely N-dealkylation sites (tertiary alicyclic amines) is 1. The third-order valence-corrected chi connectivity index (χ3v) is 4.91. The lowest BCUT2D eigenvalue weighted by Crippen LogP contribution is -2.45. The van der Waals surface area contributed by atoms with Crippen molar-refractivity contribution < 1.29 is 9.18 Å². The molecule has 22 heavy (non-hydrogen) atoms. The highest BCUT2D eigenvalue weighted by atomic mass is 19.1. The van der Waals surface area contributed by atoms with E-state index in [4.69, 9.17) is 0 Å². The molecular formula is C18H25FN2O. The lowest BCUT2D eigenvalue weighted by molar-refractivity contribution is -0.123. The highest BCUT2D eigenvalue weighted by molar-refractivity contribution is 5.83. The monoisotopic (exact) mass is 304 g/mol. The Kier molecular flexibility index (Phi) is 4.77. The van der Waals surface area contributed by atoms with Crippen LogP contribution >= 0.6 is 0 Å². The summed E-state index contributed by atoms with van der Waals surface area (Å²) in [6, 6.07) is 7.11. The Morgan fingerprint density at radius 2 is 2.05 bits per heavy atom. The van der Waals surface area contributed by atoms with Gasteiger partial charge in [-0.25, -0.2) is 4.39 Å². The SMILES string of the molecule is CCCN1CCC(NC(=O)C2CC2c2ccccc2F)CC1. The third kappa shape index (κ3) is 3.49. The second-order valence-electron chi connectivity index (χ2n) is 6.59. The maximum absolute atomic E-state index is 13.8. The Morgan fingerprint density at radius 1 is 1.32 bits per heavy atom. The molecule has 0 bridgehead atoms. The second kappa shape index (κ2) is 6.78. The van der Waals surface area contributed by atoms with E-state index in [2.05, 4.69) is 17.1 Å². The van der Waals surface area contributed by atoms with E-state index in [0.29, 0.717) is 11.6 Å². The van der Waals surface area contributed by atoms with Gasteiger partial charge in [-0.1, -0.05) is 25.1 Å². The molecule has 1 heterocycles. The summed E-state index contributed by atoms with van der Waals surface area (Å²) in [4.78, 5) is 14.8. The van der Waals surface area contributed by atoms with Crippen LogP contribution in [0, 0.1) is 11.7 Å². The maximum atomic E-state index is 13.8. The number of carbonyl (C=O) groups excluding carboxylic acids is 1. The number of piperidine rings is 1. The van der Waals surface area contributed by atoms with Crippen LogP contribution in [0.1, 0.15) is 44.1 Å². The van der Waals surface area contributed by atoms with Gasteiger partial charge in [-0.15, -0.1) is 0 Å². The number of benzene rings is 1. The molecule has 0 radical (unpaired) electrons. The van der Waals surface area contributed by atoms with Gasteiger partial charge < -0.3 is 10.2 Å². The number of hydrogen-bond donors (Lipinski definition) is 1. The van der Waals surface area contributed by atoms with Gasteiger partial charge in [-0.3, -0.25) is 4.79 Å². The van der Waals surface area contributed by atoms with Gasteiger partial charge in [0.15, 0.2) is 0 Å². The first kappa shape index (κ1) is 15.5. The molecule has 3 nitrogen and oxygen atoms in total. The average molecular weight is 304 g/mol. The Hall–Kier alpha value is -1.42. The zero-order valence-electron chi connectivity index (χ0n) is 13.2. The maximum Gasteiger partial charge on any atom is 0.223 e. The van der Waals surface area contributed by atoms with E-state index in [1.54, 1.807) is 12.1 Å². The molecule has 2 aliphatic rings. The molecule has 2 atom stereocenters. The van der Waals surface area contributed by atoms with Crippen molar-refractivity contribution in [3.8, 4) is 0 Å². The van der Waals surface area contributed by atoms with Crippen molar-refractivity contribution in [2.75, 3.05) is 19.6 Å². The molecule has 0 spiro atoms. The van der Waals surface area contributed by atoms with Crippen LogP contribution in [0.4, 0.5) is 4.39 Å². The van der Waals surface area contributed by atoms with Crippen LogP contribution in [0.2, 0.25) is 0 Å². The second-order valence-corrected chi connectivity index (χ2v) is 6.59. The number of rotatable bonds is 5. The molecule has 1 aromatic rings. The molecule has 1 saturated heterocycles. The van der Waals surface area contributed by atoms with E-state index in [1.807, 2.05) is 6.07 Å². The van der Waals surface area contributed by atoms with E-state index in [9.17, 15) is 9.18 Å². The lowest BCUT2D eigenvalue weighted by Gasteiger charge is -2.32. The summed E-state index contributed by atoms with van der Waals surface area (Å²) in [5.74, 6) is -0.0372. The Labute approximate surface area is 131 Å².